The first-order valence-electron chi connectivity index (χ1n) is 7.46. The molecular weight excluding hydrogens is 275 g/mol. The van der Waals surface area contributed by atoms with Gasteiger partial charge in [0, 0.05) is 10.6 Å². The Kier molecular flexibility index (Phi) is 4.46. The van der Waals surface area contributed by atoms with E-state index in [2.05, 4.69) is 20.8 Å². The van der Waals surface area contributed by atoms with Crippen LogP contribution in [0.3, 0.4) is 0 Å². The van der Waals surface area contributed by atoms with Crippen LogP contribution in [-0.2, 0) is 5.60 Å². The molecule has 1 aliphatic carbocycles. The fourth-order valence-corrected chi connectivity index (χ4v) is 3.46. The van der Waals surface area contributed by atoms with Crippen molar-refractivity contribution in [3.63, 3.8) is 0 Å². The van der Waals surface area contributed by atoms with Crippen LogP contribution in [0.25, 0.3) is 0 Å². The number of rotatable bonds is 3. The molecule has 112 valence electrons. The number of aliphatic hydroxyl groups is 1. The third kappa shape index (κ3) is 3.01. The molecule has 1 aliphatic rings. The van der Waals surface area contributed by atoms with Gasteiger partial charge in [0.15, 0.2) is 0 Å². The van der Waals surface area contributed by atoms with Crippen LogP contribution < -0.4 is 0 Å². The molecule has 1 N–H and O–H groups in total. The van der Waals surface area contributed by atoms with Crippen LogP contribution in [0.15, 0.2) is 18.2 Å². The molecule has 0 bridgehead atoms. The Bertz CT molecular complexity index is 476. The minimum Gasteiger partial charge on any atom is -0.385 e. The lowest BCUT2D eigenvalue weighted by Crippen LogP contribution is -2.36. The monoisotopic (exact) mass is 298 g/mol. The highest BCUT2D eigenvalue weighted by Crippen LogP contribution is 2.47. The molecule has 0 aliphatic heterocycles. The van der Waals surface area contributed by atoms with E-state index in [1.807, 2.05) is 0 Å². The third-order valence-corrected chi connectivity index (χ3v) is 5.50. The van der Waals surface area contributed by atoms with Crippen molar-refractivity contribution in [1.29, 1.82) is 0 Å². The van der Waals surface area contributed by atoms with Gasteiger partial charge < -0.3 is 5.11 Å². The predicted molar refractivity (Wildman–Crippen MR) is 81.3 cm³/mol. The van der Waals surface area contributed by atoms with Crippen LogP contribution in [0.4, 0.5) is 4.39 Å². The van der Waals surface area contributed by atoms with Crippen molar-refractivity contribution >= 4 is 11.6 Å². The van der Waals surface area contributed by atoms with Crippen molar-refractivity contribution in [2.75, 3.05) is 0 Å². The van der Waals surface area contributed by atoms with E-state index < -0.39 is 11.4 Å². The van der Waals surface area contributed by atoms with Gasteiger partial charge in [0.1, 0.15) is 5.82 Å². The van der Waals surface area contributed by atoms with E-state index >= 15 is 0 Å². The maximum atomic E-state index is 14.0. The number of benzene rings is 1. The fraction of sp³-hybridized carbons (Fsp3) is 0.647. The molecule has 1 aromatic rings. The summed E-state index contributed by atoms with van der Waals surface area (Å²) < 4.78 is 14.0. The molecule has 0 radical (unpaired) electrons. The Hall–Kier alpha value is -0.600. The summed E-state index contributed by atoms with van der Waals surface area (Å²) >= 11 is 5.78. The van der Waals surface area contributed by atoms with E-state index in [1.165, 1.54) is 6.07 Å². The maximum Gasteiger partial charge on any atom is 0.130 e. The highest BCUT2D eigenvalue weighted by atomic mass is 35.5. The van der Waals surface area contributed by atoms with E-state index in [0.717, 1.165) is 19.3 Å². The molecule has 0 amide bonds. The molecule has 20 heavy (non-hydrogen) atoms. The van der Waals surface area contributed by atoms with Gasteiger partial charge in [0.05, 0.1) is 5.60 Å². The molecule has 0 aromatic heterocycles. The second-order valence-corrected chi connectivity index (χ2v) is 7.21. The first kappa shape index (κ1) is 15.8. The summed E-state index contributed by atoms with van der Waals surface area (Å²) in [5, 5.41) is 11.2. The highest BCUT2D eigenvalue weighted by molar-refractivity contribution is 6.30. The Balaban J connectivity index is 2.15. The van der Waals surface area contributed by atoms with Crippen molar-refractivity contribution in [2.45, 2.75) is 58.5 Å². The smallest absolute Gasteiger partial charge is 0.130 e. The van der Waals surface area contributed by atoms with Gasteiger partial charge in [-0.25, -0.2) is 4.39 Å². The zero-order valence-electron chi connectivity index (χ0n) is 12.5. The standard InChI is InChI=1S/C17H24ClFO/c1-4-16(2,3)12-7-9-17(20,10-8-12)14-6-5-13(18)11-15(14)19/h5-6,11-12,20H,4,7-10H2,1-3H3. The summed E-state index contributed by atoms with van der Waals surface area (Å²) in [5.41, 5.74) is -0.343. The molecule has 3 heteroatoms. The Morgan fingerprint density at radius 1 is 1.35 bits per heavy atom. The molecule has 0 unspecified atom stereocenters. The van der Waals surface area contributed by atoms with Gasteiger partial charge in [0.25, 0.3) is 0 Å². The SMILES string of the molecule is CCC(C)(C)C1CCC(O)(c2ccc(Cl)cc2F)CC1. The molecule has 1 aromatic carbocycles. The van der Waals surface area contributed by atoms with E-state index in [1.54, 1.807) is 12.1 Å². The lowest BCUT2D eigenvalue weighted by Gasteiger charge is -2.42. The summed E-state index contributed by atoms with van der Waals surface area (Å²) in [6, 6.07) is 4.57. The van der Waals surface area contributed by atoms with Gasteiger partial charge >= 0.3 is 0 Å². The predicted octanol–water partition coefficient (Wildman–Crippen LogP) is 5.29. The Morgan fingerprint density at radius 3 is 2.45 bits per heavy atom. The van der Waals surface area contributed by atoms with Crippen molar-refractivity contribution in [3.8, 4) is 0 Å². The van der Waals surface area contributed by atoms with E-state index in [4.69, 9.17) is 11.6 Å². The lowest BCUT2D eigenvalue weighted by molar-refractivity contribution is -0.0352. The quantitative estimate of drug-likeness (QED) is 0.803. The minimum atomic E-state index is -1.03. The molecule has 1 fully saturated rings. The van der Waals surface area contributed by atoms with Crippen LogP contribution in [0.1, 0.15) is 58.4 Å². The van der Waals surface area contributed by atoms with Crippen molar-refractivity contribution in [2.24, 2.45) is 11.3 Å². The molecule has 0 saturated heterocycles. The van der Waals surface area contributed by atoms with Gasteiger partial charge in [0.2, 0.25) is 0 Å². The molecule has 0 spiro atoms. The van der Waals surface area contributed by atoms with Crippen LogP contribution in [0, 0.1) is 17.2 Å². The van der Waals surface area contributed by atoms with Crippen molar-refractivity contribution < 1.29 is 9.50 Å². The lowest BCUT2D eigenvalue weighted by atomic mass is 9.65. The van der Waals surface area contributed by atoms with Crippen molar-refractivity contribution in [3.05, 3.63) is 34.6 Å². The molecule has 2 rings (SSSR count). The fourth-order valence-electron chi connectivity index (χ4n) is 3.30. The number of halogens is 2. The topological polar surface area (TPSA) is 20.2 Å². The summed E-state index contributed by atoms with van der Waals surface area (Å²) in [6.07, 6.45) is 4.27. The van der Waals surface area contributed by atoms with E-state index in [0.29, 0.717) is 34.8 Å². The Labute approximate surface area is 126 Å². The molecular formula is C17H24ClFO. The van der Waals surface area contributed by atoms with E-state index in [9.17, 15) is 9.50 Å². The maximum absolute atomic E-state index is 14.0. The first-order chi connectivity index (χ1) is 9.28. The zero-order valence-corrected chi connectivity index (χ0v) is 13.3. The summed E-state index contributed by atoms with van der Waals surface area (Å²) in [5.74, 6) is 0.205. The largest absolute Gasteiger partial charge is 0.385 e. The van der Waals surface area contributed by atoms with Gasteiger partial charge in [-0.15, -0.1) is 0 Å². The minimum absolute atomic E-state index is 0.292. The van der Waals surface area contributed by atoms with Gasteiger partial charge in [-0.3, -0.25) is 0 Å². The zero-order chi connectivity index (χ0) is 15.0. The molecule has 1 saturated carbocycles. The first-order valence-corrected chi connectivity index (χ1v) is 7.84. The summed E-state index contributed by atoms with van der Waals surface area (Å²) in [6.45, 7) is 6.77. The normalized spacial score (nSPS) is 27.6. The van der Waals surface area contributed by atoms with E-state index in [-0.39, 0.29) is 0 Å². The second kappa shape index (κ2) is 5.65. The van der Waals surface area contributed by atoms with Crippen LogP contribution in [0.2, 0.25) is 5.02 Å². The second-order valence-electron chi connectivity index (χ2n) is 6.77. The molecule has 0 atom stereocenters. The summed E-state index contributed by atoms with van der Waals surface area (Å²) in [7, 11) is 0. The molecule has 1 nitrogen and oxygen atoms in total. The van der Waals surface area contributed by atoms with Gasteiger partial charge in [-0.2, -0.15) is 0 Å². The highest BCUT2D eigenvalue weighted by Gasteiger charge is 2.40. The molecule has 0 heterocycles. The number of hydrogen-bond donors (Lipinski definition) is 1. The van der Waals surface area contributed by atoms with Crippen LogP contribution >= 0.6 is 11.6 Å². The van der Waals surface area contributed by atoms with Gasteiger partial charge in [-0.05, 0) is 49.1 Å². The third-order valence-electron chi connectivity index (χ3n) is 5.26. The average molecular weight is 299 g/mol. The van der Waals surface area contributed by atoms with Gasteiger partial charge in [-0.1, -0.05) is 44.9 Å². The Morgan fingerprint density at radius 2 is 1.95 bits per heavy atom. The number of hydrogen-bond acceptors (Lipinski definition) is 1. The van der Waals surface area contributed by atoms with Crippen molar-refractivity contribution in [1.82, 2.24) is 0 Å². The van der Waals surface area contributed by atoms with Crippen LogP contribution in [0.5, 0.6) is 0 Å². The summed E-state index contributed by atoms with van der Waals surface area (Å²) in [4.78, 5) is 0. The van der Waals surface area contributed by atoms with Crippen LogP contribution in [-0.4, -0.2) is 5.11 Å². The average Bonchev–Trinajstić information content (AvgIpc) is 2.39.